The lowest BCUT2D eigenvalue weighted by Gasteiger charge is -2.17. The number of rotatable bonds is 8. The Morgan fingerprint density at radius 2 is 1.93 bits per heavy atom. The van der Waals surface area contributed by atoms with E-state index in [1.807, 2.05) is 6.07 Å². The minimum Gasteiger partial charge on any atom is -0.398 e. The molecule has 1 heterocycles. The van der Waals surface area contributed by atoms with E-state index < -0.39 is 6.04 Å². The zero-order valence-corrected chi connectivity index (χ0v) is 18.7. The fraction of sp³-hybridized carbons (Fsp3) is 0.292. The van der Waals surface area contributed by atoms with Gasteiger partial charge >= 0.3 is 0 Å². The molecule has 5 nitrogen and oxygen atoms in total. The Morgan fingerprint density at radius 3 is 2.63 bits per heavy atom. The average molecular weight is 425 g/mol. The second-order valence-electron chi connectivity index (χ2n) is 7.48. The van der Waals surface area contributed by atoms with E-state index in [2.05, 4.69) is 43.2 Å². The zero-order chi connectivity index (χ0) is 22.3. The second kappa shape index (κ2) is 10.7. The van der Waals surface area contributed by atoms with Crippen molar-refractivity contribution in [1.82, 2.24) is 10.3 Å². The minimum absolute atomic E-state index is 0.198. The summed E-state index contributed by atoms with van der Waals surface area (Å²) in [7, 11) is 0. The molecule has 0 fully saturated rings. The van der Waals surface area contributed by atoms with E-state index in [-0.39, 0.29) is 11.6 Å². The summed E-state index contributed by atoms with van der Waals surface area (Å²) >= 11 is 6.02. The molecule has 0 saturated heterocycles. The van der Waals surface area contributed by atoms with Gasteiger partial charge in [-0.05, 0) is 63.4 Å². The van der Waals surface area contributed by atoms with E-state index in [4.69, 9.17) is 22.7 Å². The monoisotopic (exact) mass is 424 g/mol. The first-order valence-electron chi connectivity index (χ1n) is 9.92. The van der Waals surface area contributed by atoms with Gasteiger partial charge in [0.2, 0.25) is 0 Å². The van der Waals surface area contributed by atoms with Gasteiger partial charge in [0, 0.05) is 28.7 Å². The Morgan fingerprint density at radius 1 is 1.23 bits per heavy atom. The van der Waals surface area contributed by atoms with Crippen LogP contribution in [0.4, 0.5) is 5.69 Å². The van der Waals surface area contributed by atoms with E-state index in [1.54, 1.807) is 31.3 Å². The van der Waals surface area contributed by atoms with E-state index in [0.717, 1.165) is 12.0 Å². The third kappa shape index (κ3) is 6.56. The smallest absolute Gasteiger partial charge is 0.253 e. The minimum atomic E-state index is -0.536. The molecule has 1 aromatic heterocycles. The van der Waals surface area contributed by atoms with Crippen LogP contribution in [0.1, 0.15) is 55.6 Å². The highest BCUT2D eigenvalue weighted by molar-refractivity contribution is 6.31. The van der Waals surface area contributed by atoms with Crippen LogP contribution < -0.4 is 11.1 Å². The van der Waals surface area contributed by atoms with Gasteiger partial charge in [-0.25, -0.2) is 0 Å². The summed E-state index contributed by atoms with van der Waals surface area (Å²) in [4.78, 5) is 16.9. The van der Waals surface area contributed by atoms with Crippen molar-refractivity contribution in [3.8, 4) is 0 Å². The Balaban J connectivity index is 2.09. The number of hydrogen-bond donors (Lipinski definition) is 3. The molecule has 0 spiro atoms. The number of nitrogens with two attached hydrogens (primary N) is 1. The lowest BCUT2D eigenvalue weighted by molar-refractivity contribution is 0.0948. The van der Waals surface area contributed by atoms with Crippen molar-refractivity contribution in [2.24, 2.45) is 0 Å². The second-order valence-corrected chi connectivity index (χ2v) is 7.92. The van der Waals surface area contributed by atoms with Crippen LogP contribution in [-0.4, -0.2) is 22.6 Å². The molecule has 4 N–H and O–H groups in total. The van der Waals surface area contributed by atoms with Crippen molar-refractivity contribution < 1.29 is 4.79 Å². The number of carbonyl (C=O) groups is 1. The number of amides is 1. The highest BCUT2D eigenvalue weighted by Gasteiger charge is 2.18. The average Bonchev–Trinajstić information content (AvgIpc) is 2.73. The number of hydrogen-bond acceptors (Lipinski definition) is 4. The van der Waals surface area contributed by atoms with E-state index in [1.165, 1.54) is 17.3 Å². The number of nitrogen functional groups attached to an aromatic ring is 1. The Labute approximate surface area is 183 Å². The van der Waals surface area contributed by atoms with Gasteiger partial charge in [-0.3, -0.25) is 9.78 Å². The number of aromatic nitrogens is 1. The van der Waals surface area contributed by atoms with Gasteiger partial charge in [-0.1, -0.05) is 41.8 Å². The number of halogens is 1. The van der Waals surface area contributed by atoms with Crippen LogP contribution in [0, 0.1) is 5.41 Å². The molecule has 1 atom stereocenters. The Bertz CT molecular complexity index is 994. The molecule has 2 rings (SSSR count). The van der Waals surface area contributed by atoms with Gasteiger partial charge < -0.3 is 16.5 Å². The molecule has 2 aromatic rings. The van der Waals surface area contributed by atoms with Gasteiger partial charge in [0.1, 0.15) is 0 Å². The fourth-order valence-electron chi connectivity index (χ4n) is 2.84. The molecular weight excluding hydrogens is 396 g/mol. The van der Waals surface area contributed by atoms with Gasteiger partial charge in [-0.2, -0.15) is 0 Å². The van der Waals surface area contributed by atoms with Gasteiger partial charge in [0.25, 0.3) is 5.91 Å². The lowest BCUT2D eigenvalue weighted by Crippen LogP contribution is -2.39. The number of pyridine rings is 1. The summed E-state index contributed by atoms with van der Waals surface area (Å²) in [5, 5.41) is 11.7. The van der Waals surface area contributed by atoms with Crippen molar-refractivity contribution in [2.45, 2.75) is 46.6 Å². The molecule has 0 radical (unpaired) electrons. The van der Waals surface area contributed by atoms with E-state index in [9.17, 15) is 4.79 Å². The first-order valence-corrected chi connectivity index (χ1v) is 10.3. The Hall–Kier alpha value is -2.92. The lowest BCUT2D eigenvalue weighted by atomic mass is 10.0. The quantitative estimate of drug-likeness (QED) is 0.303. The maximum Gasteiger partial charge on any atom is 0.253 e. The van der Waals surface area contributed by atoms with Crippen molar-refractivity contribution in [3.05, 3.63) is 81.7 Å². The molecule has 0 aliphatic rings. The fourth-order valence-corrected chi connectivity index (χ4v) is 3.01. The summed E-state index contributed by atoms with van der Waals surface area (Å²) < 4.78 is 0. The maximum absolute atomic E-state index is 12.7. The van der Waals surface area contributed by atoms with Crippen LogP contribution >= 0.6 is 11.6 Å². The first-order chi connectivity index (χ1) is 14.2. The summed E-state index contributed by atoms with van der Waals surface area (Å²) in [6.07, 6.45) is 9.26. The van der Waals surface area contributed by atoms with Crippen LogP contribution in [0.3, 0.4) is 0 Å². The Kier molecular flexibility index (Phi) is 8.36. The molecule has 0 saturated carbocycles. The summed E-state index contributed by atoms with van der Waals surface area (Å²) in [5.41, 5.74) is 11.0. The highest BCUT2D eigenvalue weighted by atomic mass is 35.5. The van der Waals surface area contributed by atoms with Crippen LogP contribution in [0.25, 0.3) is 0 Å². The van der Waals surface area contributed by atoms with Crippen molar-refractivity contribution >= 4 is 28.9 Å². The standard InChI is InChI=1S/C24H29ClN4O/c1-5-15(2)6-7-16(3)10-18-11-19(14-28-13-18)24(30)29-17(4)23(27)21-12-20(25)8-9-22(21)26/h6-9,11-14,17,27H,5,10,26H2,1-4H3,(H,29,30)/b15-6+,16-7+,27-23?. The predicted octanol–water partition coefficient (Wildman–Crippen LogP) is 5.35. The molecule has 1 unspecified atom stereocenters. The highest BCUT2D eigenvalue weighted by Crippen LogP contribution is 2.19. The van der Waals surface area contributed by atoms with Gasteiger partial charge in [0.15, 0.2) is 0 Å². The molecule has 30 heavy (non-hydrogen) atoms. The molecule has 0 aliphatic heterocycles. The summed E-state index contributed by atoms with van der Waals surface area (Å²) in [6, 6.07) is 6.25. The van der Waals surface area contributed by atoms with E-state index >= 15 is 0 Å². The number of nitrogens with zero attached hydrogens (tertiary/aromatic N) is 1. The number of carbonyl (C=O) groups excluding carboxylic acids is 1. The zero-order valence-electron chi connectivity index (χ0n) is 17.9. The molecule has 6 heteroatoms. The predicted molar refractivity (Wildman–Crippen MR) is 125 cm³/mol. The van der Waals surface area contributed by atoms with Crippen LogP contribution in [-0.2, 0) is 6.42 Å². The molecule has 0 aliphatic carbocycles. The third-order valence-electron chi connectivity index (χ3n) is 4.84. The molecule has 158 valence electrons. The third-order valence-corrected chi connectivity index (χ3v) is 5.07. The number of nitrogens with one attached hydrogen (secondary N) is 2. The molecular formula is C24H29ClN4O. The van der Waals surface area contributed by atoms with Crippen LogP contribution in [0.15, 0.2) is 60.0 Å². The van der Waals surface area contributed by atoms with E-state index in [0.29, 0.717) is 28.3 Å². The maximum atomic E-state index is 12.7. The topological polar surface area (TPSA) is 91.9 Å². The first kappa shape index (κ1) is 23.4. The van der Waals surface area contributed by atoms with Crippen molar-refractivity contribution in [2.75, 3.05) is 5.73 Å². The summed E-state index contributed by atoms with van der Waals surface area (Å²) in [6.45, 7) is 8.03. The number of anilines is 1. The summed E-state index contributed by atoms with van der Waals surface area (Å²) in [5.74, 6) is -0.287. The van der Waals surface area contributed by atoms with Gasteiger partial charge in [0.05, 0.1) is 17.3 Å². The number of allylic oxidation sites excluding steroid dienone is 4. The van der Waals surface area contributed by atoms with Crippen molar-refractivity contribution in [1.29, 1.82) is 5.41 Å². The van der Waals surface area contributed by atoms with Crippen LogP contribution in [0.5, 0.6) is 0 Å². The molecule has 1 amide bonds. The molecule has 0 bridgehead atoms. The van der Waals surface area contributed by atoms with Crippen LogP contribution in [0.2, 0.25) is 5.02 Å². The SMILES string of the molecule is CC/C(C)=C/C=C(\C)Cc1cncc(C(=O)NC(C)C(=N)c2cc(Cl)ccc2N)c1. The molecule has 1 aromatic carbocycles. The largest absolute Gasteiger partial charge is 0.398 e. The normalized spacial score (nSPS) is 13.1. The van der Waals surface area contributed by atoms with Crippen molar-refractivity contribution in [3.63, 3.8) is 0 Å². The number of benzene rings is 1. The van der Waals surface area contributed by atoms with Gasteiger partial charge in [-0.15, -0.1) is 0 Å².